The smallest absolute Gasteiger partial charge is 0.277 e. The predicted molar refractivity (Wildman–Crippen MR) is 102 cm³/mol. The number of nitrogens with zero attached hydrogens (tertiary/aromatic N) is 2. The number of carbonyl (C=O) groups is 1. The van der Waals surface area contributed by atoms with Crippen LogP contribution in [0.1, 0.15) is 36.0 Å². The molecule has 10 heteroatoms. The highest BCUT2D eigenvalue weighted by molar-refractivity contribution is 6.32. The Bertz CT molecular complexity index is 911. The average molecular weight is 406 g/mol. The van der Waals surface area contributed by atoms with Gasteiger partial charge in [0.1, 0.15) is 5.75 Å². The number of hydrogen-bond donors (Lipinski definition) is 1. The Kier molecular flexibility index (Phi) is 5.74. The third-order valence-corrected chi connectivity index (χ3v) is 4.67. The van der Waals surface area contributed by atoms with Gasteiger partial charge in [0, 0.05) is 17.8 Å². The molecule has 9 nitrogen and oxygen atoms in total. The molecule has 1 aliphatic rings. The molecule has 1 N–H and O–H groups in total. The average Bonchev–Trinajstić information content (AvgIpc) is 3.16. The van der Waals surface area contributed by atoms with Crippen LogP contribution < -0.4 is 10.1 Å². The van der Waals surface area contributed by atoms with Gasteiger partial charge in [-0.3, -0.25) is 25.0 Å². The fraction of sp³-hybridized carbons (Fsp3) is 0.278. The van der Waals surface area contributed by atoms with Gasteiger partial charge in [-0.2, -0.15) is 0 Å². The molecule has 1 fully saturated rings. The number of halogens is 1. The summed E-state index contributed by atoms with van der Waals surface area (Å²) in [5.74, 6) is -0.218. The summed E-state index contributed by atoms with van der Waals surface area (Å²) < 4.78 is 5.84. The zero-order valence-corrected chi connectivity index (χ0v) is 15.3. The minimum atomic E-state index is -0.796. The number of ether oxygens (including phenoxy) is 1. The lowest BCUT2D eigenvalue weighted by Gasteiger charge is -2.15. The minimum Gasteiger partial charge on any atom is -0.489 e. The van der Waals surface area contributed by atoms with Gasteiger partial charge >= 0.3 is 0 Å². The predicted octanol–water partition coefficient (Wildman–Crippen LogP) is 4.73. The summed E-state index contributed by atoms with van der Waals surface area (Å²) in [7, 11) is 0. The van der Waals surface area contributed by atoms with Gasteiger partial charge in [-0.25, -0.2) is 0 Å². The van der Waals surface area contributed by atoms with Crippen LogP contribution in [0.5, 0.6) is 5.75 Å². The molecule has 1 aliphatic carbocycles. The van der Waals surface area contributed by atoms with Crippen molar-refractivity contribution in [3.05, 3.63) is 67.2 Å². The number of rotatable bonds is 6. The van der Waals surface area contributed by atoms with E-state index in [2.05, 4.69) is 5.32 Å². The third-order valence-electron chi connectivity index (χ3n) is 4.37. The standard InChI is InChI=1S/C18H16ClN3O6/c19-16-9-12(5-6-17(16)28-15-3-1-2-4-15)20-18(23)11-7-13(21(24)25)10-14(8-11)22(26)27/h5-10,15H,1-4H2,(H,20,23). The van der Waals surface area contributed by atoms with Crippen molar-refractivity contribution >= 4 is 34.6 Å². The molecule has 1 saturated carbocycles. The van der Waals surface area contributed by atoms with Crippen molar-refractivity contribution in [2.45, 2.75) is 31.8 Å². The Morgan fingerprint density at radius 3 is 2.18 bits per heavy atom. The number of hydrogen-bond acceptors (Lipinski definition) is 6. The summed E-state index contributed by atoms with van der Waals surface area (Å²) >= 11 is 6.22. The molecule has 0 saturated heterocycles. The summed E-state index contributed by atoms with van der Waals surface area (Å²) in [5, 5.41) is 24.7. The third kappa shape index (κ3) is 4.55. The van der Waals surface area contributed by atoms with Gasteiger partial charge in [0.05, 0.1) is 32.6 Å². The normalized spacial score (nSPS) is 13.9. The topological polar surface area (TPSA) is 125 Å². The molecule has 0 radical (unpaired) electrons. The molecule has 3 rings (SSSR count). The van der Waals surface area contributed by atoms with Crippen molar-refractivity contribution in [3.8, 4) is 5.75 Å². The van der Waals surface area contributed by atoms with Gasteiger partial charge in [0.15, 0.2) is 0 Å². The van der Waals surface area contributed by atoms with E-state index in [4.69, 9.17) is 16.3 Å². The summed E-state index contributed by atoms with van der Waals surface area (Å²) in [4.78, 5) is 32.7. The first kappa shape index (κ1) is 19.6. The van der Waals surface area contributed by atoms with Gasteiger partial charge in [-0.1, -0.05) is 11.6 Å². The number of amides is 1. The highest BCUT2D eigenvalue weighted by atomic mass is 35.5. The maximum atomic E-state index is 12.4. The number of non-ortho nitro benzene ring substituents is 2. The highest BCUT2D eigenvalue weighted by Crippen LogP contribution is 2.32. The van der Waals surface area contributed by atoms with Gasteiger partial charge < -0.3 is 10.1 Å². The van der Waals surface area contributed by atoms with Crippen molar-refractivity contribution in [1.29, 1.82) is 0 Å². The second kappa shape index (κ2) is 8.22. The van der Waals surface area contributed by atoms with E-state index >= 15 is 0 Å². The first-order valence-corrected chi connectivity index (χ1v) is 8.92. The Balaban J connectivity index is 1.78. The molecule has 1 amide bonds. The van der Waals surface area contributed by atoms with E-state index in [0.717, 1.165) is 43.9 Å². The molecule has 0 spiro atoms. The van der Waals surface area contributed by atoms with Crippen LogP contribution in [-0.2, 0) is 0 Å². The molecule has 0 bridgehead atoms. The van der Waals surface area contributed by atoms with Crippen molar-refractivity contribution < 1.29 is 19.4 Å². The minimum absolute atomic E-state index is 0.128. The van der Waals surface area contributed by atoms with E-state index in [9.17, 15) is 25.0 Å². The van der Waals surface area contributed by atoms with Crippen LogP contribution in [0.3, 0.4) is 0 Å². The Morgan fingerprint density at radius 2 is 1.64 bits per heavy atom. The number of nitrogens with one attached hydrogen (secondary N) is 1. The van der Waals surface area contributed by atoms with Crippen molar-refractivity contribution in [2.24, 2.45) is 0 Å². The number of benzene rings is 2. The van der Waals surface area contributed by atoms with Gasteiger partial charge in [0.2, 0.25) is 0 Å². The summed E-state index contributed by atoms with van der Waals surface area (Å²) in [6, 6.07) is 7.45. The van der Waals surface area contributed by atoms with Crippen molar-refractivity contribution in [1.82, 2.24) is 0 Å². The maximum Gasteiger partial charge on any atom is 0.277 e. The van der Waals surface area contributed by atoms with Crippen LogP contribution in [0.25, 0.3) is 0 Å². The van der Waals surface area contributed by atoms with Gasteiger partial charge in [0.25, 0.3) is 17.3 Å². The van der Waals surface area contributed by atoms with Crippen LogP contribution in [0.15, 0.2) is 36.4 Å². The second-order valence-corrected chi connectivity index (χ2v) is 6.78. The first-order chi connectivity index (χ1) is 13.3. The number of nitro benzene ring substituents is 2. The quantitative estimate of drug-likeness (QED) is 0.547. The van der Waals surface area contributed by atoms with Gasteiger partial charge in [-0.05, 0) is 43.9 Å². The van der Waals surface area contributed by atoms with E-state index in [1.807, 2.05) is 0 Å². The van der Waals surface area contributed by atoms with E-state index < -0.39 is 27.1 Å². The molecular weight excluding hydrogens is 390 g/mol. The van der Waals surface area contributed by atoms with E-state index in [1.54, 1.807) is 12.1 Å². The van der Waals surface area contributed by atoms with Crippen LogP contribution in [-0.4, -0.2) is 21.9 Å². The lowest BCUT2D eigenvalue weighted by Crippen LogP contribution is -2.13. The van der Waals surface area contributed by atoms with Crippen LogP contribution >= 0.6 is 11.6 Å². The van der Waals surface area contributed by atoms with E-state index in [-0.39, 0.29) is 11.7 Å². The largest absolute Gasteiger partial charge is 0.489 e. The fourth-order valence-corrected chi connectivity index (χ4v) is 3.23. The highest BCUT2D eigenvalue weighted by Gasteiger charge is 2.21. The molecule has 0 aliphatic heterocycles. The Hall–Kier alpha value is -3.20. The van der Waals surface area contributed by atoms with Crippen LogP contribution in [0, 0.1) is 20.2 Å². The lowest BCUT2D eigenvalue weighted by molar-refractivity contribution is -0.394. The molecule has 0 atom stereocenters. The SMILES string of the molecule is O=C(Nc1ccc(OC2CCCC2)c(Cl)c1)c1cc([N+](=O)[O-])cc([N+](=O)[O-])c1. The monoisotopic (exact) mass is 405 g/mol. The first-order valence-electron chi connectivity index (χ1n) is 8.55. The van der Waals surface area contributed by atoms with Crippen LogP contribution in [0.4, 0.5) is 17.1 Å². The molecule has 146 valence electrons. The molecule has 0 heterocycles. The molecule has 2 aromatic rings. The lowest BCUT2D eigenvalue weighted by atomic mass is 10.1. The second-order valence-electron chi connectivity index (χ2n) is 6.38. The zero-order chi connectivity index (χ0) is 20.3. The Morgan fingerprint density at radius 1 is 1.04 bits per heavy atom. The van der Waals surface area contributed by atoms with Crippen molar-refractivity contribution in [2.75, 3.05) is 5.32 Å². The summed E-state index contributed by atoms with van der Waals surface area (Å²) in [6.07, 6.45) is 4.31. The number of nitro groups is 2. The molecule has 0 aromatic heterocycles. The Labute approximate surface area is 164 Å². The van der Waals surface area contributed by atoms with Crippen LogP contribution in [0.2, 0.25) is 5.02 Å². The maximum absolute atomic E-state index is 12.4. The van der Waals surface area contributed by atoms with E-state index in [1.165, 1.54) is 6.07 Å². The molecule has 2 aromatic carbocycles. The van der Waals surface area contributed by atoms with Crippen molar-refractivity contribution in [3.63, 3.8) is 0 Å². The fourth-order valence-electron chi connectivity index (χ4n) is 3.00. The molecule has 0 unspecified atom stereocenters. The number of anilines is 1. The summed E-state index contributed by atoms with van der Waals surface area (Å²) in [6.45, 7) is 0. The molecular formula is C18H16ClN3O6. The van der Waals surface area contributed by atoms with E-state index in [0.29, 0.717) is 16.5 Å². The van der Waals surface area contributed by atoms with Gasteiger partial charge in [-0.15, -0.1) is 0 Å². The molecule has 28 heavy (non-hydrogen) atoms. The zero-order valence-electron chi connectivity index (χ0n) is 14.6. The summed E-state index contributed by atoms with van der Waals surface area (Å²) in [5.41, 5.74) is -0.957. The number of carbonyl (C=O) groups excluding carboxylic acids is 1.